The lowest BCUT2D eigenvalue weighted by Crippen LogP contribution is -2.17. The molecule has 0 heterocycles. The highest BCUT2D eigenvalue weighted by Crippen LogP contribution is 2.27. The Hall–Kier alpha value is -0.910. The van der Waals surface area contributed by atoms with Crippen molar-refractivity contribution in [2.45, 2.75) is 70.9 Å². The SMILES string of the molecule is CC(N=NC(C)(C)C#N)C1CCCCCC1. The summed E-state index contributed by atoms with van der Waals surface area (Å²) in [6.07, 6.45) is 7.92. The average Bonchev–Trinajstić information content (AvgIpc) is 2.54. The molecule has 1 fully saturated rings. The van der Waals surface area contributed by atoms with Crippen molar-refractivity contribution in [2.24, 2.45) is 16.1 Å². The zero-order valence-corrected chi connectivity index (χ0v) is 10.7. The van der Waals surface area contributed by atoms with E-state index >= 15 is 0 Å². The van der Waals surface area contributed by atoms with Crippen LogP contribution in [0.2, 0.25) is 0 Å². The first-order valence-electron chi connectivity index (χ1n) is 6.38. The van der Waals surface area contributed by atoms with Crippen LogP contribution in [0.5, 0.6) is 0 Å². The maximum absolute atomic E-state index is 8.86. The second-order valence-corrected chi connectivity index (χ2v) is 5.38. The van der Waals surface area contributed by atoms with E-state index in [2.05, 4.69) is 23.2 Å². The molecule has 0 aliphatic heterocycles. The van der Waals surface area contributed by atoms with Crippen molar-refractivity contribution in [3.05, 3.63) is 0 Å². The molecule has 0 aromatic heterocycles. The third-order valence-corrected chi connectivity index (χ3v) is 3.35. The first-order valence-corrected chi connectivity index (χ1v) is 6.38. The number of nitriles is 1. The first-order chi connectivity index (χ1) is 7.55. The molecule has 3 nitrogen and oxygen atoms in total. The monoisotopic (exact) mass is 221 g/mol. The van der Waals surface area contributed by atoms with Gasteiger partial charge in [-0.15, -0.1) is 0 Å². The lowest BCUT2D eigenvalue weighted by Gasteiger charge is -2.18. The zero-order valence-electron chi connectivity index (χ0n) is 10.7. The van der Waals surface area contributed by atoms with Crippen LogP contribution in [0.1, 0.15) is 59.3 Å². The molecule has 0 saturated heterocycles. The normalized spacial score (nSPS) is 21.6. The Morgan fingerprint density at radius 3 is 2.25 bits per heavy atom. The van der Waals surface area contributed by atoms with Crippen LogP contribution < -0.4 is 0 Å². The molecule has 0 aromatic rings. The van der Waals surface area contributed by atoms with Crippen LogP contribution in [0.25, 0.3) is 0 Å². The summed E-state index contributed by atoms with van der Waals surface area (Å²) in [5.41, 5.74) is -0.668. The fourth-order valence-corrected chi connectivity index (χ4v) is 2.15. The molecule has 0 radical (unpaired) electrons. The smallest absolute Gasteiger partial charge is 0.161 e. The third kappa shape index (κ3) is 4.30. The minimum atomic E-state index is -0.668. The van der Waals surface area contributed by atoms with E-state index in [0.29, 0.717) is 5.92 Å². The molecule has 1 unspecified atom stereocenters. The maximum Gasteiger partial charge on any atom is 0.161 e. The summed E-state index contributed by atoms with van der Waals surface area (Å²) in [4.78, 5) is 0. The molecule has 0 amide bonds. The third-order valence-electron chi connectivity index (χ3n) is 3.35. The second kappa shape index (κ2) is 5.98. The van der Waals surface area contributed by atoms with E-state index < -0.39 is 5.54 Å². The van der Waals surface area contributed by atoms with Gasteiger partial charge in [0.15, 0.2) is 5.54 Å². The number of rotatable bonds is 3. The van der Waals surface area contributed by atoms with Crippen molar-refractivity contribution in [2.75, 3.05) is 0 Å². The Morgan fingerprint density at radius 1 is 1.19 bits per heavy atom. The molecule has 0 N–H and O–H groups in total. The van der Waals surface area contributed by atoms with Gasteiger partial charge in [-0.25, -0.2) is 0 Å². The fraction of sp³-hybridized carbons (Fsp3) is 0.923. The summed E-state index contributed by atoms with van der Waals surface area (Å²) < 4.78 is 0. The number of nitrogens with zero attached hydrogens (tertiary/aromatic N) is 3. The van der Waals surface area contributed by atoms with Crippen molar-refractivity contribution in [1.29, 1.82) is 5.26 Å². The number of hydrogen-bond donors (Lipinski definition) is 0. The first kappa shape index (κ1) is 13.2. The van der Waals surface area contributed by atoms with Gasteiger partial charge in [0.2, 0.25) is 0 Å². The van der Waals surface area contributed by atoms with Gasteiger partial charge < -0.3 is 0 Å². The largest absolute Gasteiger partial charge is 0.196 e. The summed E-state index contributed by atoms with van der Waals surface area (Å²) in [5.74, 6) is 0.667. The quantitative estimate of drug-likeness (QED) is 0.523. The van der Waals surface area contributed by atoms with Crippen LogP contribution in [0, 0.1) is 17.2 Å². The van der Waals surface area contributed by atoms with Crippen molar-refractivity contribution >= 4 is 0 Å². The highest BCUT2D eigenvalue weighted by Gasteiger charge is 2.20. The molecule has 16 heavy (non-hydrogen) atoms. The molecule has 1 saturated carbocycles. The van der Waals surface area contributed by atoms with Gasteiger partial charge in [0.25, 0.3) is 0 Å². The summed E-state index contributed by atoms with van der Waals surface area (Å²) in [7, 11) is 0. The maximum atomic E-state index is 8.86. The minimum Gasteiger partial charge on any atom is -0.196 e. The van der Waals surface area contributed by atoms with Gasteiger partial charge >= 0.3 is 0 Å². The number of hydrogen-bond acceptors (Lipinski definition) is 3. The molecule has 3 heteroatoms. The van der Waals surface area contributed by atoms with Crippen molar-refractivity contribution in [3.8, 4) is 6.07 Å². The van der Waals surface area contributed by atoms with Gasteiger partial charge in [0.1, 0.15) is 0 Å². The fourth-order valence-electron chi connectivity index (χ4n) is 2.15. The van der Waals surface area contributed by atoms with Crippen molar-refractivity contribution < 1.29 is 0 Å². The van der Waals surface area contributed by atoms with Crippen LogP contribution in [0.15, 0.2) is 10.2 Å². The lowest BCUT2D eigenvalue weighted by molar-refractivity contribution is 0.376. The van der Waals surface area contributed by atoms with Crippen molar-refractivity contribution in [1.82, 2.24) is 0 Å². The lowest BCUT2D eigenvalue weighted by atomic mass is 9.94. The summed E-state index contributed by atoms with van der Waals surface area (Å²) in [5, 5.41) is 17.3. The molecule has 0 bridgehead atoms. The zero-order chi connectivity index (χ0) is 12.0. The summed E-state index contributed by atoms with van der Waals surface area (Å²) in [6.45, 7) is 5.74. The Morgan fingerprint density at radius 2 is 1.75 bits per heavy atom. The van der Waals surface area contributed by atoms with Crippen molar-refractivity contribution in [3.63, 3.8) is 0 Å². The second-order valence-electron chi connectivity index (χ2n) is 5.38. The summed E-state index contributed by atoms with van der Waals surface area (Å²) >= 11 is 0. The highest BCUT2D eigenvalue weighted by molar-refractivity contribution is 4.99. The Kier molecular flexibility index (Phi) is 4.92. The van der Waals surface area contributed by atoms with Crippen LogP contribution in [0.3, 0.4) is 0 Å². The van der Waals surface area contributed by atoms with Crippen LogP contribution in [-0.2, 0) is 0 Å². The van der Waals surface area contributed by atoms with Crippen LogP contribution in [-0.4, -0.2) is 11.6 Å². The molecular weight excluding hydrogens is 198 g/mol. The molecule has 90 valence electrons. The standard InChI is InChI=1S/C13H23N3/c1-11(15-16-13(2,3)10-14)12-8-6-4-5-7-9-12/h11-12H,4-9H2,1-3H3. The molecular formula is C13H23N3. The van der Waals surface area contributed by atoms with E-state index in [1.165, 1.54) is 38.5 Å². The van der Waals surface area contributed by atoms with Gasteiger partial charge in [0, 0.05) is 0 Å². The molecule has 0 aromatic carbocycles. The Bertz CT molecular complexity index is 267. The van der Waals surface area contributed by atoms with Crippen LogP contribution in [0.4, 0.5) is 0 Å². The van der Waals surface area contributed by atoms with E-state index in [1.807, 2.05) is 0 Å². The van der Waals surface area contributed by atoms with E-state index in [-0.39, 0.29) is 6.04 Å². The number of azo groups is 1. The van der Waals surface area contributed by atoms with Gasteiger partial charge in [-0.2, -0.15) is 15.5 Å². The van der Waals surface area contributed by atoms with Gasteiger partial charge in [-0.05, 0) is 39.5 Å². The predicted octanol–water partition coefficient (Wildman–Crippen LogP) is 4.10. The predicted molar refractivity (Wildman–Crippen MR) is 65.2 cm³/mol. The average molecular weight is 221 g/mol. The Labute approximate surface area is 99.0 Å². The van der Waals surface area contributed by atoms with Gasteiger partial charge in [-0.3, -0.25) is 0 Å². The molecule has 1 aliphatic carbocycles. The minimum absolute atomic E-state index is 0.269. The topological polar surface area (TPSA) is 48.5 Å². The summed E-state index contributed by atoms with van der Waals surface area (Å²) in [6, 6.07) is 2.42. The molecule has 0 spiro atoms. The van der Waals surface area contributed by atoms with Gasteiger partial charge in [-0.1, -0.05) is 25.7 Å². The van der Waals surface area contributed by atoms with Crippen LogP contribution >= 0.6 is 0 Å². The van der Waals surface area contributed by atoms with E-state index in [4.69, 9.17) is 5.26 Å². The molecule has 1 aliphatic rings. The molecule has 1 rings (SSSR count). The Balaban J connectivity index is 2.50. The van der Waals surface area contributed by atoms with E-state index in [1.54, 1.807) is 13.8 Å². The van der Waals surface area contributed by atoms with Gasteiger partial charge in [0.05, 0.1) is 12.1 Å². The molecule has 1 atom stereocenters. The van der Waals surface area contributed by atoms with E-state index in [0.717, 1.165) is 0 Å². The highest BCUT2D eigenvalue weighted by atomic mass is 15.2. The van der Waals surface area contributed by atoms with E-state index in [9.17, 15) is 0 Å².